The van der Waals surface area contributed by atoms with Gasteiger partial charge in [0.1, 0.15) is 5.82 Å². The normalized spacial score (nSPS) is 15.3. The van der Waals surface area contributed by atoms with E-state index in [2.05, 4.69) is 10.4 Å². The monoisotopic (exact) mass is 287 g/mol. The van der Waals surface area contributed by atoms with Crippen LogP contribution in [0, 0.1) is 11.7 Å². The highest BCUT2D eigenvalue weighted by atomic mass is 19.1. The van der Waals surface area contributed by atoms with Crippen LogP contribution >= 0.6 is 0 Å². The van der Waals surface area contributed by atoms with E-state index in [1.165, 1.54) is 12.1 Å². The average Bonchev–Trinajstić information content (AvgIpc) is 3.10. The molecule has 0 aliphatic heterocycles. The Balaban J connectivity index is 1.62. The predicted molar refractivity (Wildman–Crippen MR) is 78.3 cm³/mol. The summed E-state index contributed by atoms with van der Waals surface area (Å²) in [7, 11) is 0. The molecule has 4 nitrogen and oxygen atoms in total. The van der Waals surface area contributed by atoms with Crippen LogP contribution in [0.15, 0.2) is 36.5 Å². The average molecular weight is 287 g/mol. The van der Waals surface area contributed by atoms with Crippen LogP contribution in [-0.2, 0) is 11.3 Å². The van der Waals surface area contributed by atoms with E-state index in [0.717, 1.165) is 31.2 Å². The zero-order valence-corrected chi connectivity index (χ0v) is 11.8. The first kappa shape index (κ1) is 13.8. The Hall–Kier alpha value is -2.17. The second-order valence-electron chi connectivity index (χ2n) is 5.50. The minimum atomic E-state index is -0.255. The van der Waals surface area contributed by atoms with Gasteiger partial charge in [0.2, 0.25) is 5.91 Å². The van der Waals surface area contributed by atoms with Gasteiger partial charge in [-0.1, -0.05) is 25.0 Å². The van der Waals surface area contributed by atoms with Gasteiger partial charge in [-0.05, 0) is 30.5 Å². The van der Waals surface area contributed by atoms with E-state index in [4.69, 9.17) is 0 Å². The largest absolute Gasteiger partial charge is 0.309 e. The Morgan fingerprint density at radius 2 is 2.14 bits per heavy atom. The summed E-state index contributed by atoms with van der Waals surface area (Å²) >= 11 is 0. The molecular weight excluding hydrogens is 269 g/mol. The summed E-state index contributed by atoms with van der Waals surface area (Å²) in [4.78, 5) is 12.0. The third-order valence-electron chi connectivity index (χ3n) is 3.85. The molecule has 0 spiro atoms. The molecule has 1 aliphatic carbocycles. The first-order valence-electron chi connectivity index (χ1n) is 7.29. The van der Waals surface area contributed by atoms with Crippen LogP contribution < -0.4 is 5.32 Å². The SMILES string of the molecule is O=C(Nc1ccn(Cc2cccc(F)c2)n1)C1CCCC1. The molecule has 110 valence electrons. The van der Waals surface area contributed by atoms with Crippen molar-refractivity contribution >= 4 is 11.7 Å². The fourth-order valence-electron chi connectivity index (χ4n) is 2.76. The van der Waals surface area contributed by atoms with Crippen molar-refractivity contribution in [2.45, 2.75) is 32.2 Å². The van der Waals surface area contributed by atoms with Crippen molar-refractivity contribution < 1.29 is 9.18 Å². The van der Waals surface area contributed by atoms with Gasteiger partial charge in [-0.25, -0.2) is 4.39 Å². The van der Waals surface area contributed by atoms with E-state index < -0.39 is 0 Å². The fraction of sp³-hybridized carbons (Fsp3) is 0.375. The van der Waals surface area contributed by atoms with Crippen LogP contribution in [0.4, 0.5) is 10.2 Å². The molecule has 1 aromatic heterocycles. The summed E-state index contributed by atoms with van der Waals surface area (Å²) in [5.41, 5.74) is 0.840. The second kappa shape index (κ2) is 6.08. The lowest BCUT2D eigenvalue weighted by Crippen LogP contribution is -2.20. The lowest BCUT2D eigenvalue weighted by atomic mass is 10.1. The van der Waals surface area contributed by atoms with Gasteiger partial charge in [-0.3, -0.25) is 9.48 Å². The number of aromatic nitrogens is 2. The number of carbonyl (C=O) groups excluding carboxylic acids is 1. The number of halogens is 1. The minimum Gasteiger partial charge on any atom is -0.309 e. The molecule has 2 aromatic rings. The number of amides is 1. The molecule has 5 heteroatoms. The van der Waals surface area contributed by atoms with Gasteiger partial charge < -0.3 is 5.32 Å². The molecule has 21 heavy (non-hydrogen) atoms. The molecule has 0 atom stereocenters. The number of hydrogen-bond acceptors (Lipinski definition) is 2. The van der Waals surface area contributed by atoms with Crippen LogP contribution in [0.5, 0.6) is 0 Å². The van der Waals surface area contributed by atoms with Crippen molar-refractivity contribution in [1.29, 1.82) is 0 Å². The summed E-state index contributed by atoms with van der Waals surface area (Å²) in [5, 5.41) is 7.17. The van der Waals surface area contributed by atoms with Crippen molar-refractivity contribution in [2.24, 2.45) is 5.92 Å². The second-order valence-corrected chi connectivity index (χ2v) is 5.50. The number of benzene rings is 1. The lowest BCUT2D eigenvalue weighted by molar-refractivity contribution is -0.119. The number of nitrogens with one attached hydrogen (secondary N) is 1. The number of carbonyl (C=O) groups is 1. The maximum absolute atomic E-state index is 13.1. The highest BCUT2D eigenvalue weighted by Crippen LogP contribution is 2.25. The molecular formula is C16H18FN3O. The Kier molecular flexibility index (Phi) is 3.99. The smallest absolute Gasteiger partial charge is 0.228 e. The number of hydrogen-bond donors (Lipinski definition) is 1. The summed E-state index contributed by atoms with van der Waals surface area (Å²) in [6, 6.07) is 8.20. The molecule has 1 amide bonds. The molecule has 0 unspecified atom stereocenters. The Morgan fingerprint density at radius 1 is 1.33 bits per heavy atom. The van der Waals surface area contributed by atoms with Crippen LogP contribution in [0.1, 0.15) is 31.2 Å². The van der Waals surface area contributed by atoms with Crippen LogP contribution in [0.25, 0.3) is 0 Å². The van der Waals surface area contributed by atoms with Crippen molar-refractivity contribution in [2.75, 3.05) is 5.32 Å². The molecule has 1 N–H and O–H groups in total. The first-order valence-corrected chi connectivity index (χ1v) is 7.29. The third kappa shape index (κ3) is 3.48. The summed E-state index contributed by atoms with van der Waals surface area (Å²) < 4.78 is 14.8. The standard InChI is InChI=1S/C16H18FN3O/c17-14-7-3-4-12(10-14)11-20-9-8-15(19-20)18-16(21)13-5-1-2-6-13/h3-4,7-10,13H,1-2,5-6,11H2,(H,18,19,21). The van der Waals surface area contributed by atoms with E-state index in [1.54, 1.807) is 23.0 Å². The lowest BCUT2D eigenvalue weighted by Gasteiger charge is -2.07. The number of rotatable bonds is 4. The Bertz CT molecular complexity index is 632. The van der Waals surface area contributed by atoms with Gasteiger partial charge >= 0.3 is 0 Å². The highest BCUT2D eigenvalue weighted by molar-refractivity contribution is 5.91. The molecule has 0 saturated heterocycles. The van der Waals surface area contributed by atoms with E-state index in [0.29, 0.717) is 12.4 Å². The minimum absolute atomic E-state index is 0.0588. The molecule has 1 aliphatic rings. The van der Waals surface area contributed by atoms with Gasteiger partial charge in [-0.15, -0.1) is 0 Å². The van der Waals surface area contributed by atoms with Crippen molar-refractivity contribution in [1.82, 2.24) is 9.78 Å². The zero-order chi connectivity index (χ0) is 14.7. The van der Waals surface area contributed by atoms with E-state index in [1.807, 2.05) is 6.07 Å². The molecule has 0 radical (unpaired) electrons. The summed E-state index contributed by atoms with van der Waals surface area (Å²) in [5.74, 6) is 0.486. The van der Waals surface area contributed by atoms with Gasteiger partial charge in [0.15, 0.2) is 5.82 Å². The van der Waals surface area contributed by atoms with Crippen molar-refractivity contribution in [3.05, 3.63) is 47.9 Å². The fourth-order valence-corrected chi connectivity index (χ4v) is 2.76. The number of anilines is 1. The molecule has 0 bridgehead atoms. The van der Waals surface area contributed by atoms with Gasteiger partial charge in [-0.2, -0.15) is 5.10 Å². The summed E-state index contributed by atoms with van der Waals surface area (Å²) in [6.07, 6.45) is 5.99. The van der Waals surface area contributed by atoms with Gasteiger partial charge in [0.05, 0.1) is 6.54 Å². The van der Waals surface area contributed by atoms with Crippen LogP contribution in [0.3, 0.4) is 0 Å². The molecule has 1 fully saturated rings. The predicted octanol–water partition coefficient (Wildman–Crippen LogP) is 3.20. The van der Waals surface area contributed by atoms with Gasteiger partial charge in [0, 0.05) is 18.2 Å². The molecule has 1 aromatic carbocycles. The van der Waals surface area contributed by atoms with Gasteiger partial charge in [0.25, 0.3) is 0 Å². The third-order valence-corrected chi connectivity index (χ3v) is 3.85. The first-order chi connectivity index (χ1) is 10.2. The summed E-state index contributed by atoms with van der Waals surface area (Å²) in [6.45, 7) is 0.483. The highest BCUT2D eigenvalue weighted by Gasteiger charge is 2.23. The van der Waals surface area contributed by atoms with Crippen LogP contribution in [-0.4, -0.2) is 15.7 Å². The Labute approximate surface area is 123 Å². The van der Waals surface area contributed by atoms with Crippen LogP contribution in [0.2, 0.25) is 0 Å². The van der Waals surface area contributed by atoms with Crippen molar-refractivity contribution in [3.63, 3.8) is 0 Å². The van der Waals surface area contributed by atoms with Crippen molar-refractivity contribution in [3.8, 4) is 0 Å². The van der Waals surface area contributed by atoms with E-state index in [9.17, 15) is 9.18 Å². The zero-order valence-electron chi connectivity index (χ0n) is 11.8. The van der Waals surface area contributed by atoms with E-state index >= 15 is 0 Å². The molecule has 1 heterocycles. The Morgan fingerprint density at radius 3 is 2.90 bits per heavy atom. The quantitative estimate of drug-likeness (QED) is 0.938. The maximum Gasteiger partial charge on any atom is 0.228 e. The number of nitrogens with zero attached hydrogens (tertiary/aromatic N) is 2. The molecule has 1 saturated carbocycles. The maximum atomic E-state index is 13.1. The molecule has 3 rings (SSSR count). The van der Waals surface area contributed by atoms with E-state index in [-0.39, 0.29) is 17.6 Å². The topological polar surface area (TPSA) is 46.9 Å².